The van der Waals surface area contributed by atoms with Crippen molar-refractivity contribution in [1.82, 2.24) is 0 Å². The van der Waals surface area contributed by atoms with Gasteiger partial charge in [-0.2, -0.15) is 0 Å². The predicted molar refractivity (Wildman–Crippen MR) is 80.5 cm³/mol. The van der Waals surface area contributed by atoms with Crippen LogP contribution in [-0.2, 0) is 0 Å². The molecule has 0 nitrogen and oxygen atoms in total. The number of hydrogen-bond donors (Lipinski definition) is 0. The van der Waals surface area contributed by atoms with Crippen molar-refractivity contribution >= 4 is 0 Å². The van der Waals surface area contributed by atoms with Crippen molar-refractivity contribution in [2.75, 3.05) is 0 Å². The Kier molecular flexibility index (Phi) is 4.86. The third kappa shape index (κ3) is 3.60. The van der Waals surface area contributed by atoms with Gasteiger partial charge in [-0.1, -0.05) is 36.0 Å². The van der Waals surface area contributed by atoms with Gasteiger partial charge >= 0.3 is 0 Å². The zero-order valence-electron chi connectivity index (χ0n) is 12.1. The molecule has 0 bridgehead atoms. The van der Waals surface area contributed by atoms with E-state index >= 15 is 0 Å². The summed E-state index contributed by atoms with van der Waals surface area (Å²) in [5, 5.41) is 0. The van der Waals surface area contributed by atoms with E-state index < -0.39 is 0 Å². The molecule has 1 atom stereocenters. The summed E-state index contributed by atoms with van der Waals surface area (Å²) in [6.45, 7) is 8.67. The molecule has 0 spiro atoms. The summed E-state index contributed by atoms with van der Waals surface area (Å²) in [5.74, 6) is 2.82. The highest BCUT2D eigenvalue weighted by Gasteiger charge is 2.35. The van der Waals surface area contributed by atoms with E-state index in [2.05, 4.69) is 38.7 Å². The first-order valence-corrected chi connectivity index (χ1v) is 7.63. The van der Waals surface area contributed by atoms with Crippen LogP contribution in [0.3, 0.4) is 0 Å². The zero-order valence-corrected chi connectivity index (χ0v) is 12.1. The predicted octanol–water partition coefficient (Wildman–Crippen LogP) is 5.67. The van der Waals surface area contributed by atoms with Gasteiger partial charge in [0.1, 0.15) is 0 Å². The fourth-order valence-corrected chi connectivity index (χ4v) is 3.38. The lowest BCUT2D eigenvalue weighted by atomic mass is 9.63. The Morgan fingerprint density at radius 3 is 2.61 bits per heavy atom. The average Bonchev–Trinajstić information content (AvgIpc) is 2.28. The second kappa shape index (κ2) is 6.41. The minimum Gasteiger partial charge on any atom is -0.0996 e. The minimum absolute atomic E-state index is 0.839. The summed E-state index contributed by atoms with van der Waals surface area (Å²) in [5.41, 5.74) is 2.94. The number of allylic oxidation sites excluding steroid dienone is 5. The molecule has 0 aromatic rings. The Morgan fingerprint density at radius 1 is 1.22 bits per heavy atom. The van der Waals surface area contributed by atoms with Gasteiger partial charge in [-0.3, -0.25) is 0 Å². The zero-order chi connectivity index (χ0) is 13.0. The molecule has 2 aliphatic rings. The van der Waals surface area contributed by atoms with Gasteiger partial charge in [0.05, 0.1) is 0 Å². The van der Waals surface area contributed by atoms with Crippen LogP contribution < -0.4 is 0 Å². The van der Waals surface area contributed by atoms with Crippen LogP contribution in [0.1, 0.15) is 58.8 Å². The maximum absolute atomic E-state index is 4.31. The van der Waals surface area contributed by atoms with Gasteiger partial charge in [-0.25, -0.2) is 0 Å². The number of hydrogen-bond acceptors (Lipinski definition) is 0. The van der Waals surface area contributed by atoms with Crippen molar-refractivity contribution < 1.29 is 0 Å². The van der Waals surface area contributed by atoms with Gasteiger partial charge in [0, 0.05) is 0 Å². The van der Waals surface area contributed by atoms with Gasteiger partial charge in [-0.05, 0) is 76.5 Å². The Balaban J connectivity index is 1.67. The van der Waals surface area contributed by atoms with Crippen LogP contribution >= 0.6 is 0 Å². The molecular formula is C18H28. The highest BCUT2D eigenvalue weighted by atomic mass is 14.4. The molecule has 0 unspecified atom stereocenters. The molecule has 0 aliphatic heterocycles. The Hall–Kier alpha value is -0.780. The maximum Gasteiger partial charge on any atom is -0.0200 e. The molecule has 1 fully saturated rings. The van der Waals surface area contributed by atoms with Gasteiger partial charge in [0.15, 0.2) is 0 Å². The molecule has 100 valence electrons. The van der Waals surface area contributed by atoms with Crippen molar-refractivity contribution in [3.05, 3.63) is 36.0 Å². The maximum atomic E-state index is 4.31. The molecule has 0 N–H and O–H groups in total. The molecule has 0 aromatic carbocycles. The van der Waals surface area contributed by atoms with E-state index in [0.717, 1.165) is 17.8 Å². The van der Waals surface area contributed by atoms with Crippen LogP contribution in [0.25, 0.3) is 0 Å². The lowest BCUT2D eigenvalue weighted by Crippen LogP contribution is -2.31. The van der Waals surface area contributed by atoms with Crippen molar-refractivity contribution in [3.8, 4) is 0 Å². The summed E-state index contributed by atoms with van der Waals surface area (Å²) in [4.78, 5) is 0. The van der Waals surface area contributed by atoms with Crippen LogP contribution in [0, 0.1) is 17.8 Å². The molecule has 0 heterocycles. The fourth-order valence-electron chi connectivity index (χ4n) is 3.38. The summed E-state index contributed by atoms with van der Waals surface area (Å²) in [7, 11) is 0. The van der Waals surface area contributed by atoms with Gasteiger partial charge in [-0.15, -0.1) is 0 Å². The Bertz CT molecular complexity index is 335. The molecule has 0 aromatic heterocycles. The molecule has 18 heavy (non-hydrogen) atoms. The van der Waals surface area contributed by atoms with Crippen LogP contribution in [0.2, 0.25) is 0 Å². The highest BCUT2D eigenvalue weighted by Crippen LogP contribution is 2.46. The topological polar surface area (TPSA) is 0 Å². The summed E-state index contributed by atoms with van der Waals surface area (Å²) >= 11 is 0. The molecule has 1 saturated carbocycles. The summed E-state index contributed by atoms with van der Waals surface area (Å²) in [6.07, 6.45) is 16.4. The molecule has 0 radical (unpaired) electrons. The summed E-state index contributed by atoms with van der Waals surface area (Å²) in [6, 6.07) is 0. The average molecular weight is 244 g/mol. The first-order chi connectivity index (χ1) is 8.66. The third-order valence-corrected chi connectivity index (χ3v) is 4.75. The van der Waals surface area contributed by atoms with Crippen molar-refractivity contribution in [2.45, 2.75) is 58.8 Å². The van der Waals surface area contributed by atoms with Gasteiger partial charge in [0.2, 0.25) is 0 Å². The fraction of sp³-hybridized carbons (Fsp3) is 0.667. The van der Waals surface area contributed by atoms with Crippen molar-refractivity contribution in [2.24, 2.45) is 17.8 Å². The minimum atomic E-state index is 0.839. The SMILES string of the molecule is C=C(CCC=C(C)C)C1CC([C@H]2CC=CCC2)C1. The normalized spacial score (nSPS) is 30.7. The first-order valence-electron chi connectivity index (χ1n) is 7.63. The van der Waals surface area contributed by atoms with E-state index in [9.17, 15) is 0 Å². The second-order valence-corrected chi connectivity index (χ2v) is 6.45. The standard InChI is InChI=1S/C18H28/c1-14(2)8-7-9-15(3)17-12-18(13-17)16-10-5-4-6-11-16/h4-5,8,16-18H,3,6-7,9-13H2,1-2H3/t16-,17?,18?/m0/s1. The van der Waals surface area contributed by atoms with Crippen molar-refractivity contribution in [3.63, 3.8) is 0 Å². The first kappa shape index (κ1) is 13.6. The molecule has 2 rings (SSSR count). The molecular weight excluding hydrogens is 216 g/mol. The Morgan fingerprint density at radius 2 is 2.00 bits per heavy atom. The van der Waals surface area contributed by atoms with Gasteiger partial charge in [0.25, 0.3) is 0 Å². The Labute approximate surface area is 113 Å². The van der Waals surface area contributed by atoms with Crippen molar-refractivity contribution in [1.29, 1.82) is 0 Å². The molecule has 0 saturated heterocycles. The van der Waals surface area contributed by atoms with Crippen LogP contribution in [0.15, 0.2) is 36.0 Å². The third-order valence-electron chi connectivity index (χ3n) is 4.75. The van der Waals surface area contributed by atoms with E-state index in [0.29, 0.717) is 0 Å². The second-order valence-electron chi connectivity index (χ2n) is 6.45. The van der Waals surface area contributed by atoms with E-state index in [1.54, 1.807) is 0 Å². The smallest absolute Gasteiger partial charge is 0.0200 e. The summed E-state index contributed by atoms with van der Waals surface area (Å²) < 4.78 is 0. The van der Waals surface area contributed by atoms with Crippen LogP contribution in [0.4, 0.5) is 0 Å². The number of rotatable bonds is 5. The highest BCUT2D eigenvalue weighted by molar-refractivity contribution is 5.09. The quantitative estimate of drug-likeness (QED) is 0.546. The van der Waals surface area contributed by atoms with E-state index in [-0.39, 0.29) is 0 Å². The van der Waals surface area contributed by atoms with Crippen LogP contribution in [-0.4, -0.2) is 0 Å². The lowest BCUT2D eigenvalue weighted by Gasteiger charge is -2.42. The molecule has 0 amide bonds. The molecule has 2 aliphatic carbocycles. The van der Waals surface area contributed by atoms with E-state index in [4.69, 9.17) is 0 Å². The largest absolute Gasteiger partial charge is 0.0996 e. The van der Waals surface area contributed by atoms with E-state index in [1.807, 2.05) is 0 Å². The van der Waals surface area contributed by atoms with Gasteiger partial charge < -0.3 is 0 Å². The lowest BCUT2D eigenvalue weighted by molar-refractivity contribution is 0.137. The van der Waals surface area contributed by atoms with Crippen LogP contribution in [0.5, 0.6) is 0 Å². The van der Waals surface area contributed by atoms with E-state index in [1.165, 1.54) is 56.1 Å². The molecule has 0 heteroatoms. The monoisotopic (exact) mass is 244 g/mol.